The molecule has 1 saturated carbocycles. The van der Waals surface area contributed by atoms with Crippen molar-refractivity contribution in [2.45, 2.75) is 31.7 Å². The van der Waals surface area contributed by atoms with E-state index in [1.165, 1.54) is 11.0 Å². The summed E-state index contributed by atoms with van der Waals surface area (Å²) in [5, 5.41) is 8.87. The second kappa shape index (κ2) is 6.07. The minimum Gasteiger partial charge on any atom is -0.480 e. The standard InChI is InChI=1S/C14H20N2O4/c1-2-7-15(9-12(17)18)14(20)11-4-3-8-16(11)13(19)10-5-6-10/h2,10-11H,1,3-9H2,(H,17,18). The van der Waals surface area contributed by atoms with Crippen molar-refractivity contribution in [3.8, 4) is 0 Å². The number of aliphatic carboxylic acids is 1. The van der Waals surface area contributed by atoms with Crippen LogP contribution in [-0.2, 0) is 14.4 Å². The van der Waals surface area contributed by atoms with Crippen LogP contribution in [0.5, 0.6) is 0 Å². The minimum absolute atomic E-state index is 0.0507. The van der Waals surface area contributed by atoms with Crippen molar-refractivity contribution in [3.63, 3.8) is 0 Å². The van der Waals surface area contributed by atoms with Gasteiger partial charge in [0.2, 0.25) is 11.8 Å². The van der Waals surface area contributed by atoms with E-state index >= 15 is 0 Å². The third kappa shape index (κ3) is 3.18. The van der Waals surface area contributed by atoms with Gasteiger partial charge in [0, 0.05) is 19.0 Å². The van der Waals surface area contributed by atoms with E-state index < -0.39 is 12.0 Å². The van der Waals surface area contributed by atoms with Gasteiger partial charge in [-0.05, 0) is 25.7 Å². The Balaban J connectivity index is 2.06. The SMILES string of the molecule is C=CCN(CC(=O)O)C(=O)C1CCCN1C(=O)C1CC1. The molecule has 2 aliphatic rings. The van der Waals surface area contributed by atoms with E-state index in [1.54, 1.807) is 4.90 Å². The number of carbonyl (C=O) groups excluding carboxylic acids is 2. The Morgan fingerprint density at radius 3 is 2.55 bits per heavy atom. The van der Waals surface area contributed by atoms with Crippen molar-refractivity contribution < 1.29 is 19.5 Å². The van der Waals surface area contributed by atoms with Crippen LogP contribution in [0.15, 0.2) is 12.7 Å². The quantitative estimate of drug-likeness (QED) is 0.718. The smallest absolute Gasteiger partial charge is 0.323 e. The largest absolute Gasteiger partial charge is 0.480 e. The fourth-order valence-electron chi connectivity index (χ4n) is 2.61. The van der Waals surface area contributed by atoms with E-state index in [0.29, 0.717) is 13.0 Å². The summed E-state index contributed by atoms with van der Waals surface area (Å²) in [7, 11) is 0. The number of hydrogen-bond donors (Lipinski definition) is 1. The fourth-order valence-corrected chi connectivity index (χ4v) is 2.61. The van der Waals surface area contributed by atoms with Gasteiger partial charge in [-0.3, -0.25) is 14.4 Å². The molecule has 1 N–H and O–H groups in total. The molecule has 0 bridgehead atoms. The summed E-state index contributed by atoms with van der Waals surface area (Å²) < 4.78 is 0. The maximum absolute atomic E-state index is 12.4. The van der Waals surface area contributed by atoms with Crippen LogP contribution in [-0.4, -0.2) is 58.4 Å². The molecule has 2 rings (SSSR count). The van der Waals surface area contributed by atoms with Gasteiger partial charge in [-0.1, -0.05) is 6.08 Å². The number of hydrogen-bond acceptors (Lipinski definition) is 3. The molecule has 1 aliphatic heterocycles. The van der Waals surface area contributed by atoms with Crippen LogP contribution in [0.4, 0.5) is 0 Å². The van der Waals surface area contributed by atoms with Gasteiger partial charge in [0.25, 0.3) is 0 Å². The Hall–Kier alpha value is -1.85. The van der Waals surface area contributed by atoms with E-state index in [2.05, 4.69) is 6.58 Å². The molecule has 1 unspecified atom stereocenters. The summed E-state index contributed by atoms with van der Waals surface area (Å²) in [6, 6.07) is -0.498. The van der Waals surface area contributed by atoms with Crippen molar-refractivity contribution in [1.82, 2.24) is 9.80 Å². The van der Waals surface area contributed by atoms with Crippen LogP contribution >= 0.6 is 0 Å². The summed E-state index contributed by atoms with van der Waals surface area (Å²) in [5.74, 6) is -1.21. The highest BCUT2D eigenvalue weighted by Gasteiger charge is 2.42. The zero-order valence-corrected chi connectivity index (χ0v) is 11.5. The van der Waals surface area contributed by atoms with Crippen LogP contribution in [0.1, 0.15) is 25.7 Å². The van der Waals surface area contributed by atoms with Gasteiger partial charge in [-0.15, -0.1) is 6.58 Å². The second-order valence-corrected chi connectivity index (χ2v) is 5.37. The van der Waals surface area contributed by atoms with Crippen molar-refractivity contribution in [3.05, 3.63) is 12.7 Å². The van der Waals surface area contributed by atoms with Gasteiger partial charge in [0.05, 0.1) is 0 Å². The fraction of sp³-hybridized carbons (Fsp3) is 0.643. The van der Waals surface area contributed by atoms with Gasteiger partial charge in [-0.25, -0.2) is 0 Å². The molecule has 2 fully saturated rings. The number of likely N-dealkylation sites (tertiary alicyclic amines) is 1. The Morgan fingerprint density at radius 1 is 1.30 bits per heavy atom. The highest BCUT2D eigenvalue weighted by Crippen LogP contribution is 2.34. The molecule has 0 spiro atoms. The third-order valence-corrected chi connectivity index (χ3v) is 3.73. The Bertz CT molecular complexity index is 431. The lowest BCUT2D eigenvalue weighted by Crippen LogP contribution is -2.49. The van der Waals surface area contributed by atoms with Gasteiger partial charge >= 0.3 is 5.97 Å². The maximum Gasteiger partial charge on any atom is 0.323 e. The monoisotopic (exact) mass is 280 g/mol. The van der Waals surface area contributed by atoms with Crippen molar-refractivity contribution in [1.29, 1.82) is 0 Å². The van der Waals surface area contributed by atoms with Gasteiger partial charge in [0.1, 0.15) is 12.6 Å². The Labute approximate surface area is 118 Å². The lowest BCUT2D eigenvalue weighted by atomic mass is 10.1. The zero-order chi connectivity index (χ0) is 14.7. The first-order valence-electron chi connectivity index (χ1n) is 6.96. The molecular weight excluding hydrogens is 260 g/mol. The predicted molar refractivity (Wildman–Crippen MR) is 71.9 cm³/mol. The van der Waals surface area contributed by atoms with Gasteiger partial charge in [-0.2, -0.15) is 0 Å². The Morgan fingerprint density at radius 2 is 2.00 bits per heavy atom. The van der Waals surface area contributed by atoms with Crippen molar-refractivity contribution in [2.75, 3.05) is 19.6 Å². The van der Waals surface area contributed by atoms with Gasteiger partial charge in [0.15, 0.2) is 0 Å². The molecular formula is C14H20N2O4. The van der Waals surface area contributed by atoms with Crippen LogP contribution in [0.3, 0.4) is 0 Å². The number of amides is 2. The third-order valence-electron chi connectivity index (χ3n) is 3.73. The number of carboxylic acids is 1. The normalized spacial score (nSPS) is 21.6. The molecule has 0 aromatic carbocycles. The topological polar surface area (TPSA) is 77.9 Å². The highest BCUT2D eigenvalue weighted by atomic mass is 16.4. The first-order chi connectivity index (χ1) is 9.54. The molecule has 6 nitrogen and oxygen atoms in total. The molecule has 110 valence electrons. The van der Waals surface area contributed by atoms with E-state index in [9.17, 15) is 14.4 Å². The van der Waals surface area contributed by atoms with E-state index in [1.807, 2.05) is 0 Å². The number of rotatable bonds is 6. The van der Waals surface area contributed by atoms with Crippen LogP contribution in [0.25, 0.3) is 0 Å². The molecule has 20 heavy (non-hydrogen) atoms. The lowest BCUT2D eigenvalue weighted by molar-refractivity contribution is -0.148. The van der Waals surface area contributed by atoms with Gasteiger partial charge < -0.3 is 14.9 Å². The molecule has 0 aromatic rings. The molecule has 0 radical (unpaired) electrons. The first kappa shape index (κ1) is 14.6. The predicted octanol–water partition coefficient (Wildman–Crippen LogP) is 0.487. The minimum atomic E-state index is -1.06. The molecule has 0 aromatic heterocycles. The van der Waals surface area contributed by atoms with Crippen molar-refractivity contribution >= 4 is 17.8 Å². The Kier molecular flexibility index (Phi) is 4.42. The van der Waals surface area contributed by atoms with E-state index in [0.717, 1.165) is 19.3 Å². The number of nitrogens with zero attached hydrogens (tertiary/aromatic N) is 2. The average Bonchev–Trinajstić information content (AvgIpc) is 3.13. The second-order valence-electron chi connectivity index (χ2n) is 5.37. The maximum atomic E-state index is 12.4. The summed E-state index contributed by atoms with van der Waals surface area (Å²) in [5.41, 5.74) is 0. The van der Waals surface area contributed by atoms with Crippen LogP contribution in [0.2, 0.25) is 0 Å². The molecule has 1 saturated heterocycles. The summed E-state index contributed by atoms with van der Waals surface area (Å²) in [4.78, 5) is 38.3. The molecule has 2 amide bonds. The van der Waals surface area contributed by atoms with Crippen LogP contribution in [0, 0.1) is 5.92 Å². The molecule has 1 heterocycles. The van der Waals surface area contributed by atoms with E-state index in [4.69, 9.17) is 5.11 Å². The van der Waals surface area contributed by atoms with E-state index in [-0.39, 0.29) is 30.8 Å². The van der Waals surface area contributed by atoms with Crippen LogP contribution < -0.4 is 0 Å². The zero-order valence-electron chi connectivity index (χ0n) is 11.5. The summed E-state index contributed by atoms with van der Waals surface area (Å²) in [6.07, 6.45) is 4.72. The lowest BCUT2D eigenvalue weighted by Gasteiger charge is -2.29. The molecule has 1 atom stereocenters. The summed E-state index contributed by atoms with van der Waals surface area (Å²) in [6.45, 7) is 3.97. The molecule has 1 aliphatic carbocycles. The van der Waals surface area contributed by atoms with Crippen molar-refractivity contribution in [2.24, 2.45) is 5.92 Å². The first-order valence-corrected chi connectivity index (χ1v) is 6.96. The molecule has 6 heteroatoms. The highest BCUT2D eigenvalue weighted by molar-refractivity contribution is 5.91. The number of carbonyl (C=O) groups is 3. The summed E-state index contributed by atoms with van der Waals surface area (Å²) >= 11 is 0. The average molecular weight is 280 g/mol. The number of carboxylic acid groups (broad SMARTS) is 1.